The first-order chi connectivity index (χ1) is 19.5. The highest BCUT2D eigenvalue weighted by Gasteiger charge is 2.33. The van der Waals surface area contributed by atoms with E-state index in [-0.39, 0.29) is 12.5 Å². The number of benzene rings is 1. The number of thiocarbonyl (C=S) groups is 1. The Kier molecular flexibility index (Phi) is 15.1. The molecule has 3 rings (SSSR count). The fourth-order valence-corrected chi connectivity index (χ4v) is 7.05. The number of carbonyl (C=O) groups is 2. The van der Waals surface area contributed by atoms with Gasteiger partial charge < -0.3 is 10.0 Å². The summed E-state index contributed by atoms with van der Waals surface area (Å²) in [7, 11) is 0. The Labute approximate surface area is 252 Å². The van der Waals surface area contributed by atoms with E-state index in [1.807, 2.05) is 6.08 Å². The Morgan fingerprint density at radius 1 is 0.925 bits per heavy atom. The maximum Gasteiger partial charge on any atom is 0.323 e. The van der Waals surface area contributed by atoms with Crippen LogP contribution in [0.2, 0.25) is 0 Å². The summed E-state index contributed by atoms with van der Waals surface area (Å²) < 4.78 is 0.307. The van der Waals surface area contributed by atoms with E-state index in [2.05, 4.69) is 30.0 Å². The van der Waals surface area contributed by atoms with E-state index in [9.17, 15) is 9.59 Å². The van der Waals surface area contributed by atoms with Gasteiger partial charge in [-0.05, 0) is 48.6 Å². The lowest BCUT2D eigenvalue weighted by Crippen LogP contribution is -2.33. The van der Waals surface area contributed by atoms with Crippen molar-refractivity contribution >= 4 is 51.9 Å². The van der Waals surface area contributed by atoms with E-state index in [1.165, 1.54) is 126 Å². The average molecular weight is 587 g/mol. The van der Waals surface area contributed by atoms with Crippen LogP contribution in [0.15, 0.2) is 23.1 Å². The highest BCUT2D eigenvalue weighted by Crippen LogP contribution is 2.34. The van der Waals surface area contributed by atoms with Gasteiger partial charge in [0.25, 0.3) is 5.91 Å². The smallest absolute Gasteiger partial charge is 0.323 e. The maximum atomic E-state index is 12.6. The minimum Gasteiger partial charge on any atom is -0.480 e. The topological polar surface area (TPSA) is 60.9 Å². The predicted octanol–water partition coefficient (Wildman–Crippen LogP) is 8.99. The summed E-state index contributed by atoms with van der Waals surface area (Å²) in [6.07, 6.45) is 26.3. The summed E-state index contributed by atoms with van der Waals surface area (Å²) >= 11 is 6.39. The van der Waals surface area contributed by atoms with E-state index >= 15 is 0 Å². The molecule has 5 nitrogen and oxygen atoms in total. The molecule has 2 aliphatic rings. The van der Waals surface area contributed by atoms with Crippen molar-refractivity contribution in [3.8, 4) is 0 Å². The third-order valence-corrected chi connectivity index (χ3v) is 9.44. The molecular weight excluding hydrogens is 537 g/mol. The number of nitrogens with zero attached hydrogens (tertiary/aromatic N) is 2. The second-order valence-corrected chi connectivity index (χ2v) is 13.1. The third kappa shape index (κ3) is 11.2. The molecule has 7 heteroatoms. The van der Waals surface area contributed by atoms with Gasteiger partial charge >= 0.3 is 5.97 Å². The number of carbonyl (C=O) groups excluding carboxylic acids is 1. The molecular formula is C33H50N2O3S2. The number of thioether (sulfide) groups is 1. The van der Waals surface area contributed by atoms with E-state index in [0.29, 0.717) is 9.23 Å². The van der Waals surface area contributed by atoms with Crippen molar-refractivity contribution in [3.63, 3.8) is 0 Å². The lowest BCUT2D eigenvalue weighted by Gasteiger charge is -2.31. The highest BCUT2D eigenvalue weighted by atomic mass is 32.2. The molecule has 0 aromatic heterocycles. The highest BCUT2D eigenvalue weighted by molar-refractivity contribution is 8.26. The van der Waals surface area contributed by atoms with Gasteiger partial charge in [-0.2, -0.15) is 0 Å². The number of aryl methyl sites for hydroxylation is 1. The number of hydrogen-bond donors (Lipinski definition) is 1. The quantitative estimate of drug-likeness (QED) is 0.0935. The van der Waals surface area contributed by atoms with Gasteiger partial charge in [0, 0.05) is 18.8 Å². The second-order valence-electron chi connectivity index (χ2n) is 11.4. The number of aliphatic carboxylic acids is 1. The number of fused-ring (bicyclic) bond motifs is 1. The third-order valence-electron chi connectivity index (χ3n) is 8.06. The second kappa shape index (κ2) is 18.5. The standard InChI is InChI=1S/C33H50N2O3S2/c1-2-3-4-5-6-7-8-9-10-11-12-13-14-15-16-17-22-34-23-18-19-28-24-27(20-21-29(28)34)25-30-32(38)35(26-31(36)37)33(39)40-30/h20-21,24-25H,2-19,22-23,26H2,1H3,(H,36,37)/b30-25-. The first-order valence-electron chi connectivity index (χ1n) is 15.8. The molecule has 1 aromatic carbocycles. The van der Waals surface area contributed by atoms with Crippen molar-refractivity contribution in [1.29, 1.82) is 0 Å². The number of carboxylic acid groups (broad SMARTS) is 1. The van der Waals surface area contributed by atoms with Gasteiger partial charge in [-0.15, -0.1) is 0 Å². The van der Waals surface area contributed by atoms with Gasteiger partial charge in [-0.25, -0.2) is 0 Å². The van der Waals surface area contributed by atoms with Crippen molar-refractivity contribution in [3.05, 3.63) is 34.2 Å². The number of anilines is 1. The molecule has 1 N–H and O–H groups in total. The normalized spacial score (nSPS) is 16.3. The summed E-state index contributed by atoms with van der Waals surface area (Å²) in [6.45, 7) is 4.12. The first-order valence-corrected chi connectivity index (χ1v) is 17.1. The largest absolute Gasteiger partial charge is 0.480 e. The van der Waals surface area contributed by atoms with Crippen LogP contribution in [-0.4, -0.2) is 45.8 Å². The molecule has 1 aromatic rings. The van der Waals surface area contributed by atoms with Gasteiger partial charge in [-0.1, -0.05) is 133 Å². The summed E-state index contributed by atoms with van der Waals surface area (Å²) in [5.41, 5.74) is 3.62. The SMILES string of the molecule is CCCCCCCCCCCCCCCCCCN1CCCc2cc(/C=C3\SC(=S)N(CC(=O)O)C3=O)ccc21. The van der Waals surface area contributed by atoms with Crippen LogP contribution < -0.4 is 4.90 Å². The van der Waals surface area contributed by atoms with Gasteiger partial charge in [0.2, 0.25) is 0 Å². The fourth-order valence-electron chi connectivity index (χ4n) is 5.79. The van der Waals surface area contributed by atoms with Gasteiger partial charge in [0.1, 0.15) is 10.9 Å². The molecule has 0 spiro atoms. The summed E-state index contributed by atoms with van der Waals surface area (Å²) in [4.78, 5) is 27.8. The van der Waals surface area contributed by atoms with Crippen molar-refractivity contribution in [2.45, 2.75) is 122 Å². The minimum atomic E-state index is -1.06. The molecule has 40 heavy (non-hydrogen) atoms. The van der Waals surface area contributed by atoms with Crippen molar-refractivity contribution in [2.24, 2.45) is 0 Å². The van der Waals surface area contributed by atoms with Crippen LogP contribution in [0.3, 0.4) is 0 Å². The summed E-state index contributed by atoms with van der Waals surface area (Å²) in [5.74, 6) is -1.38. The van der Waals surface area contributed by atoms with Crippen molar-refractivity contribution in [1.82, 2.24) is 4.90 Å². The van der Waals surface area contributed by atoms with Gasteiger partial charge in [0.05, 0.1) is 4.91 Å². The Morgan fingerprint density at radius 3 is 2.08 bits per heavy atom. The first kappa shape index (κ1) is 32.7. The molecule has 222 valence electrons. The van der Waals surface area contributed by atoms with Gasteiger partial charge in [0.15, 0.2) is 0 Å². The van der Waals surface area contributed by atoms with Crippen LogP contribution in [0, 0.1) is 0 Å². The average Bonchev–Trinajstić information content (AvgIpc) is 3.19. The molecule has 0 atom stereocenters. The van der Waals surface area contributed by atoms with Crippen LogP contribution in [-0.2, 0) is 16.0 Å². The molecule has 0 radical (unpaired) electrons. The summed E-state index contributed by atoms with van der Waals surface area (Å²) in [5, 5.41) is 9.04. The van der Waals surface area contributed by atoms with E-state index < -0.39 is 5.97 Å². The molecule has 1 saturated heterocycles. The van der Waals surface area contributed by atoms with Crippen LogP contribution in [0.25, 0.3) is 6.08 Å². The molecule has 1 amide bonds. The minimum absolute atomic E-state index is 0.307. The molecule has 0 unspecified atom stereocenters. The zero-order valence-corrected chi connectivity index (χ0v) is 26.3. The zero-order valence-electron chi connectivity index (χ0n) is 24.6. The molecule has 2 heterocycles. The Hall–Kier alpha value is -1.86. The van der Waals surface area contributed by atoms with Crippen molar-refractivity contribution in [2.75, 3.05) is 24.5 Å². The van der Waals surface area contributed by atoms with Crippen LogP contribution in [0.1, 0.15) is 127 Å². The maximum absolute atomic E-state index is 12.6. The predicted molar refractivity (Wildman–Crippen MR) is 174 cm³/mol. The van der Waals surface area contributed by atoms with Crippen LogP contribution >= 0.6 is 24.0 Å². The number of amides is 1. The molecule has 0 saturated carbocycles. The van der Waals surface area contributed by atoms with E-state index in [1.54, 1.807) is 0 Å². The van der Waals surface area contributed by atoms with Crippen molar-refractivity contribution < 1.29 is 14.7 Å². The molecule has 0 aliphatic carbocycles. The van der Waals surface area contributed by atoms with E-state index in [4.69, 9.17) is 17.3 Å². The lowest BCUT2D eigenvalue weighted by molar-refractivity contribution is -0.140. The fraction of sp³-hybridized carbons (Fsp3) is 0.667. The Morgan fingerprint density at radius 2 is 1.50 bits per heavy atom. The molecule has 0 bridgehead atoms. The van der Waals surface area contributed by atoms with E-state index in [0.717, 1.165) is 36.4 Å². The number of hydrogen-bond acceptors (Lipinski definition) is 5. The van der Waals surface area contributed by atoms with Gasteiger partial charge in [-0.3, -0.25) is 14.5 Å². The number of rotatable bonds is 20. The van der Waals surface area contributed by atoms with Crippen LogP contribution in [0.5, 0.6) is 0 Å². The lowest BCUT2D eigenvalue weighted by atomic mass is 9.98. The monoisotopic (exact) mass is 586 g/mol. The number of unbranched alkanes of at least 4 members (excludes halogenated alkanes) is 15. The molecule has 2 aliphatic heterocycles. The van der Waals surface area contributed by atoms with Crippen LogP contribution in [0.4, 0.5) is 5.69 Å². The zero-order chi connectivity index (χ0) is 28.6. The Balaban J connectivity index is 1.29. The Bertz CT molecular complexity index is 994. The number of carboxylic acids is 1. The summed E-state index contributed by atoms with van der Waals surface area (Å²) in [6, 6.07) is 6.43. The molecule has 1 fully saturated rings.